The minimum Gasteiger partial charge on any atom is -0.493 e. The van der Waals surface area contributed by atoms with Gasteiger partial charge in [0.25, 0.3) is 11.6 Å². The number of methoxy groups -OCH3 is 2. The molecule has 29 heavy (non-hydrogen) atoms. The first-order valence-corrected chi connectivity index (χ1v) is 8.44. The number of hydrogen-bond acceptors (Lipinski definition) is 9. The van der Waals surface area contributed by atoms with Gasteiger partial charge in [-0.2, -0.15) is 0 Å². The molecule has 0 unspecified atom stereocenters. The van der Waals surface area contributed by atoms with Gasteiger partial charge in [0.15, 0.2) is 17.6 Å². The van der Waals surface area contributed by atoms with Crippen molar-refractivity contribution in [3.8, 4) is 23.0 Å². The number of rotatable bonds is 7. The van der Waals surface area contributed by atoms with Crippen molar-refractivity contribution in [2.24, 2.45) is 0 Å². The molecule has 150 valence electrons. The van der Waals surface area contributed by atoms with Crippen LogP contribution in [0.1, 0.15) is 29.3 Å². The molecule has 3 rings (SSSR count). The van der Waals surface area contributed by atoms with Gasteiger partial charge in [-0.15, -0.1) is 10.2 Å². The molecular formula is C19H17N3O7. The van der Waals surface area contributed by atoms with Crippen molar-refractivity contribution in [2.45, 2.75) is 13.0 Å². The molecule has 0 aliphatic heterocycles. The maximum Gasteiger partial charge on any atom is 0.346 e. The Balaban J connectivity index is 1.85. The molecule has 1 atom stereocenters. The van der Waals surface area contributed by atoms with Gasteiger partial charge in [-0.1, -0.05) is 18.2 Å². The van der Waals surface area contributed by atoms with Crippen LogP contribution in [-0.4, -0.2) is 35.3 Å². The van der Waals surface area contributed by atoms with E-state index in [2.05, 4.69) is 10.2 Å². The summed E-state index contributed by atoms with van der Waals surface area (Å²) in [4.78, 5) is 23.3. The maximum atomic E-state index is 12.6. The Morgan fingerprint density at radius 1 is 1.10 bits per heavy atom. The predicted molar refractivity (Wildman–Crippen MR) is 99.8 cm³/mol. The highest BCUT2D eigenvalue weighted by atomic mass is 16.6. The van der Waals surface area contributed by atoms with E-state index in [9.17, 15) is 14.9 Å². The van der Waals surface area contributed by atoms with E-state index in [1.807, 2.05) is 18.2 Å². The summed E-state index contributed by atoms with van der Waals surface area (Å²) in [6.45, 7) is 1.52. The zero-order valence-electron chi connectivity index (χ0n) is 15.8. The number of nitro benzene ring substituents is 1. The van der Waals surface area contributed by atoms with Crippen LogP contribution in [0.2, 0.25) is 0 Å². The zero-order chi connectivity index (χ0) is 21.0. The van der Waals surface area contributed by atoms with Crippen molar-refractivity contribution in [2.75, 3.05) is 14.2 Å². The van der Waals surface area contributed by atoms with Crippen LogP contribution in [0.5, 0.6) is 11.5 Å². The molecule has 0 spiro atoms. The van der Waals surface area contributed by atoms with Gasteiger partial charge in [0.05, 0.1) is 25.2 Å². The first kappa shape index (κ1) is 19.8. The Hall–Kier alpha value is -3.95. The maximum absolute atomic E-state index is 12.6. The number of ether oxygens (including phenoxy) is 3. The number of nitrogens with zero attached hydrogens (tertiary/aromatic N) is 3. The van der Waals surface area contributed by atoms with E-state index < -0.39 is 22.7 Å². The third kappa shape index (κ3) is 4.15. The fourth-order valence-corrected chi connectivity index (χ4v) is 2.55. The van der Waals surface area contributed by atoms with E-state index >= 15 is 0 Å². The predicted octanol–water partition coefficient (Wildman–Crippen LogP) is 3.58. The SMILES string of the molecule is COc1cc(C(=O)O[C@H](C)c2nnc(-c3ccccc3)o2)c([N+](=O)[O-])cc1OC. The number of carbonyl (C=O) groups is 1. The molecule has 0 saturated heterocycles. The lowest BCUT2D eigenvalue weighted by Crippen LogP contribution is -2.12. The van der Waals surface area contributed by atoms with Crippen LogP contribution in [0.15, 0.2) is 46.9 Å². The van der Waals surface area contributed by atoms with Gasteiger partial charge in [0, 0.05) is 11.6 Å². The highest BCUT2D eigenvalue weighted by Crippen LogP contribution is 2.35. The second kappa shape index (κ2) is 8.38. The first-order valence-electron chi connectivity index (χ1n) is 8.44. The van der Waals surface area contributed by atoms with Crippen molar-refractivity contribution >= 4 is 11.7 Å². The first-order chi connectivity index (χ1) is 13.9. The molecule has 0 fully saturated rings. The molecule has 0 N–H and O–H groups in total. The second-order valence-corrected chi connectivity index (χ2v) is 5.84. The Labute approximate surface area is 165 Å². The lowest BCUT2D eigenvalue weighted by atomic mass is 10.1. The highest BCUT2D eigenvalue weighted by molar-refractivity contribution is 5.95. The van der Waals surface area contributed by atoms with E-state index in [0.717, 1.165) is 6.07 Å². The number of hydrogen-bond donors (Lipinski definition) is 0. The molecule has 10 heteroatoms. The molecule has 0 saturated carbocycles. The van der Waals surface area contributed by atoms with Crippen molar-refractivity contribution in [1.82, 2.24) is 10.2 Å². The standard InChI is InChI=1S/C19H17N3O7/c1-11(17-20-21-18(29-17)12-7-5-4-6-8-12)28-19(23)13-9-15(26-2)16(27-3)10-14(13)22(24)25/h4-11H,1-3H3/t11-/m1/s1. The average Bonchev–Trinajstić information content (AvgIpc) is 3.23. The van der Waals surface area contributed by atoms with E-state index in [4.69, 9.17) is 18.6 Å². The number of carbonyl (C=O) groups excluding carboxylic acids is 1. The largest absolute Gasteiger partial charge is 0.493 e. The molecule has 0 aliphatic rings. The van der Waals surface area contributed by atoms with Crippen molar-refractivity contribution in [3.05, 3.63) is 64.0 Å². The van der Waals surface area contributed by atoms with Gasteiger partial charge in [0.1, 0.15) is 5.56 Å². The molecule has 1 aromatic heterocycles. The van der Waals surface area contributed by atoms with Crippen LogP contribution in [0.25, 0.3) is 11.5 Å². The van der Waals surface area contributed by atoms with Crippen LogP contribution in [0.4, 0.5) is 5.69 Å². The number of nitro groups is 1. The number of benzene rings is 2. The summed E-state index contributed by atoms with van der Waals surface area (Å²) in [5, 5.41) is 19.2. The van der Waals surface area contributed by atoms with Gasteiger partial charge < -0.3 is 18.6 Å². The summed E-state index contributed by atoms with van der Waals surface area (Å²) in [6.07, 6.45) is -0.930. The lowest BCUT2D eigenvalue weighted by Gasteiger charge is -2.12. The molecular weight excluding hydrogens is 382 g/mol. The molecule has 0 aliphatic carbocycles. The summed E-state index contributed by atoms with van der Waals surface area (Å²) in [7, 11) is 2.69. The molecule has 0 bridgehead atoms. The normalized spacial score (nSPS) is 11.6. The summed E-state index contributed by atoms with van der Waals surface area (Å²) in [5.41, 5.74) is -0.0574. The fraction of sp³-hybridized carbons (Fsp3) is 0.211. The fourth-order valence-electron chi connectivity index (χ4n) is 2.55. The minimum absolute atomic E-state index is 0.0559. The molecule has 2 aromatic carbocycles. The summed E-state index contributed by atoms with van der Waals surface area (Å²) in [6, 6.07) is 11.4. The Kier molecular flexibility index (Phi) is 5.72. The molecule has 0 radical (unpaired) electrons. The van der Waals surface area contributed by atoms with E-state index in [1.54, 1.807) is 12.1 Å². The Morgan fingerprint density at radius 2 is 1.76 bits per heavy atom. The van der Waals surface area contributed by atoms with E-state index in [-0.39, 0.29) is 28.8 Å². The van der Waals surface area contributed by atoms with Crippen LogP contribution in [0.3, 0.4) is 0 Å². The molecule has 3 aromatic rings. The van der Waals surface area contributed by atoms with Crippen molar-refractivity contribution in [3.63, 3.8) is 0 Å². The number of aromatic nitrogens is 2. The molecule has 10 nitrogen and oxygen atoms in total. The van der Waals surface area contributed by atoms with Crippen molar-refractivity contribution < 1.29 is 28.3 Å². The molecule has 0 amide bonds. The second-order valence-electron chi connectivity index (χ2n) is 5.84. The van der Waals surface area contributed by atoms with Gasteiger partial charge >= 0.3 is 5.97 Å². The highest BCUT2D eigenvalue weighted by Gasteiger charge is 2.28. The van der Waals surface area contributed by atoms with Crippen LogP contribution in [0, 0.1) is 10.1 Å². The van der Waals surface area contributed by atoms with Gasteiger partial charge in [-0.3, -0.25) is 10.1 Å². The summed E-state index contributed by atoms with van der Waals surface area (Å²) >= 11 is 0. The zero-order valence-corrected chi connectivity index (χ0v) is 15.8. The van der Waals surface area contributed by atoms with Crippen molar-refractivity contribution in [1.29, 1.82) is 0 Å². The monoisotopic (exact) mass is 399 g/mol. The summed E-state index contributed by atoms with van der Waals surface area (Å²) in [5.74, 6) is -0.347. The quantitative estimate of drug-likeness (QED) is 0.333. The number of esters is 1. The smallest absolute Gasteiger partial charge is 0.346 e. The van der Waals surface area contributed by atoms with Gasteiger partial charge in [-0.05, 0) is 19.1 Å². The lowest BCUT2D eigenvalue weighted by molar-refractivity contribution is -0.385. The summed E-state index contributed by atoms with van der Waals surface area (Å²) < 4.78 is 21.0. The molecule has 1 heterocycles. The van der Waals surface area contributed by atoms with E-state index in [1.165, 1.54) is 27.2 Å². The van der Waals surface area contributed by atoms with Gasteiger partial charge in [0.2, 0.25) is 5.89 Å². The van der Waals surface area contributed by atoms with Gasteiger partial charge in [-0.25, -0.2) is 4.79 Å². The van der Waals surface area contributed by atoms with Crippen LogP contribution in [-0.2, 0) is 4.74 Å². The Morgan fingerprint density at radius 3 is 2.38 bits per heavy atom. The third-order valence-electron chi connectivity index (χ3n) is 4.01. The van der Waals surface area contributed by atoms with Crippen LogP contribution >= 0.6 is 0 Å². The van der Waals surface area contributed by atoms with Crippen LogP contribution < -0.4 is 9.47 Å². The third-order valence-corrected chi connectivity index (χ3v) is 4.01. The topological polar surface area (TPSA) is 127 Å². The average molecular weight is 399 g/mol. The van der Waals surface area contributed by atoms with E-state index in [0.29, 0.717) is 5.56 Å². The Bertz CT molecular complexity index is 1030. The minimum atomic E-state index is -0.940.